The number of aromatic nitrogens is 3. The first-order valence-corrected chi connectivity index (χ1v) is 9.00. The van der Waals surface area contributed by atoms with Crippen molar-refractivity contribution in [3.63, 3.8) is 0 Å². The van der Waals surface area contributed by atoms with E-state index < -0.39 is 0 Å². The van der Waals surface area contributed by atoms with Gasteiger partial charge in [0.25, 0.3) is 0 Å². The van der Waals surface area contributed by atoms with Crippen LogP contribution in [0.3, 0.4) is 0 Å². The summed E-state index contributed by atoms with van der Waals surface area (Å²) >= 11 is 2.97. The van der Waals surface area contributed by atoms with Crippen molar-refractivity contribution in [2.24, 2.45) is 0 Å². The van der Waals surface area contributed by atoms with Crippen LogP contribution in [-0.4, -0.2) is 57.0 Å². The number of carbonyl (C=O) groups excluding carboxylic acids is 1. The highest BCUT2D eigenvalue weighted by Gasteiger charge is 2.25. The number of hydrogen-bond acceptors (Lipinski definition) is 6. The Morgan fingerprint density at radius 3 is 2.95 bits per heavy atom. The van der Waals surface area contributed by atoms with Gasteiger partial charge in [-0.15, -0.1) is 16.4 Å². The second-order valence-corrected chi connectivity index (χ2v) is 7.18. The largest absolute Gasteiger partial charge is 0.372 e. The Morgan fingerprint density at radius 2 is 2.27 bits per heavy atom. The first-order valence-electron chi connectivity index (χ1n) is 7.14. The summed E-state index contributed by atoms with van der Waals surface area (Å²) < 4.78 is 5.64. The Morgan fingerprint density at radius 1 is 1.50 bits per heavy atom. The fourth-order valence-electron chi connectivity index (χ4n) is 2.43. The maximum atomic E-state index is 12.3. The van der Waals surface area contributed by atoms with Crippen molar-refractivity contribution < 1.29 is 9.53 Å². The molecule has 1 aliphatic rings. The van der Waals surface area contributed by atoms with Crippen LogP contribution in [0, 0.1) is 0 Å². The van der Waals surface area contributed by atoms with Crippen LogP contribution in [0.5, 0.6) is 0 Å². The maximum Gasteiger partial charge on any atom is 0.233 e. The predicted octanol–water partition coefficient (Wildman–Crippen LogP) is 2.26. The summed E-state index contributed by atoms with van der Waals surface area (Å²) in [7, 11) is 0. The predicted molar refractivity (Wildman–Crippen MR) is 87.0 cm³/mol. The monoisotopic (exact) mass is 338 g/mol. The molecule has 2 aromatic rings. The molecule has 0 radical (unpaired) electrons. The summed E-state index contributed by atoms with van der Waals surface area (Å²) in [4.78, 5) is 19.6. The van der Waals surface area contributed by atoms with Crippen LogP contribution in [0.2, 0.25) is 0 Å². The second kappa shape index (κ2) is 6.80. The van der Waals surface area contributed by atoms with Crippen molar-refractivity contribution in [2.75, 3.05) is 18.8 Å². The number of ether oxygens (including phenoxy) is 1. The number of morpholine rings is 1. The van der Waals surface area contributed by atoms with Crippen LogP contribution in [-0.2, 0) is 9.53 Å². The highest BCUT2D eigenvalue weighted by molar-refractivity contribution is 7.99. The SMILES string of the molecule is C[C@@H]1CN(C(=O)CSc2n[nH]c(-c3cccs3)n2)C[C@@H](C)O1. The van der Waals surface area contributed by atoms with Gasteiger partial charge in [0.2, 0.25) is 11.1 Å². The molecule has 0 spiro atoms. The fraction of sp³-hybridized carbons (Fsp3) is 0.500. The molecule has 0 unspecified atom stereocenters. The van der Waals surface area contributed by atoms with Gasteiger partial charge < -0.3 is 9.64 Å². The van der Waals surface area contributed by atoms with Gasteiger partial charge in [0.1, 0.15) is 0 Å². The molecule has 118 valence electrons. The molecular weight excluding hydrogens is 320 g/mol. The third-order valence-electron chi connectivity index (χ3n) is 3.32. The van der Waals surface area contributed by atoms with Crippen molar-refractivity contribution in [3.05, 3.63) is 17.5 Å². The summed E-state index contributed by atoms with van der Waals surface area (Å²) in [6.07, 6.45) is 0.179. The van der Waals surface area contributed by atoms with Crippen LogP contribution >= 0.6 is 23.1 Å². The summed E-state index contributed by atoms with van der Waals surface area (Å²) in [5.41, 5.74) is 0. The maximum absolute atomic E-state index is 12.3. The van der Waals surface area contributed by atoms with Crippen molar-refractivity contribution >= 4 is 29.0 Å². The molecule has 0 saturated carbocycles. The molecule has 1 aliphatic heterocycles. The van der Waals surface area contributed by atoms with E-state index in [1.54, 1.807) is 11.3 Å². The molecule has 2 aromatic heterocycles. The number of hydrogen-bond donors (Lipinski definition) is 1. The van der Waals surface area contributed by atoms with E-state index in [-0.39, 0.29) is 18.1 Å². The van der Waals surface area contributed by atoms with E-state index in [0.717, 1.165) is 10.7 Å². The zero-order valence-corrected chi connectivity index (χ0v) is 14.1. The second-order valence-electron chi connectivity index (χ2n) is 5.29. The molecule has 3 heterocycles. The Labute approximate surface area is 137 Å². The minimum absolute atomic E-state index is 0.0895. The quantitative estimate of drug-likeness (QED) is 0.866. The van der Waals surface area contributed by atoms with Gasteiger partial charge in [-0.05, 0) is 25.3 Å². The number of carbonyl (C=O) groups is 1. The van der Waals surface area contributed by atoms with Gasteiger partial charge in [-0.2, -0.15) is 0 Å². The number of nitrogens with one attached hydrogen (secondary N) is 1. The van der Waals surface area contributed by atoms with Crippen LogP contribution < -0.4 is 0 Å². The van der Waals surface area contributed by atoms with Gasteiger partial charge >= 0.3 is 0 Å². The van der Waals surface area contributed by atoms with Crippen LogP contribution in [0.4, 0.5) is 0 Å². The van der Waals surface area contributed by atoms with Gasteiger partial charge in [-0.1, -0.05) is 17.8 Å². The summed E-state index contributed by atoms with van der Waals surface area (Å²) in [5, 5.41) is 9.66. The zero-order valence-electron chi connectivity index (χ0n) is 12.5. The molecule has 1 amide bonds. The molecule has 0 aromatic carbocycles. The number of aromatic amines is 1. The molecule has 0 bridgehead atoms. The van der Waals surface area contributed by atoms with Crippen molar-refractivity contribution in [1.82, 2.24) is 20.1 Å². The number of amides is 1. The molecule has 1 saturated heterocycles. The summed E-state index contributed by atoms with van der Waals surface area (Å²) in [6.45, 7) is 5.29. The third-order valence-corrected chi connectivity index (χ3v) is 5.03. The van der Waals surface area contributed by atoms with E-state index in [2.05, 4.69) is 15.2 Å². The molecule has 1 fully saturated rings. The lowest BCUT2D eigenvalue weighted by atomic mass is 10.2. The number of rotatable bonds is 4. The lowest BCUT2D eigenvalue weighted by molar-refractivity contribution is -0.140. The molecular formula is C14H18N4O2S2. The van der Waals surface area contributed by atoms with E-state index in [1.165, 1.54) is 11.8 Å². The third kappa shape index (κ3) is 3.68. The zero-order chi connectivity index (χ0) is 15.5. The van der Waals surface area contributed by atoms with Crippen LogP contribution in [0.15, 0.2) is 22.7 Å². The van der Waals surface area contributed by atoms with Crippen molar-refractivity contribution in [1.29, 1.82) is 0 Å². The van der Waals surface area contributed by atoms with Gasteiger partial charge in [0.05, 0.1) is 22.8 Å². The van der Waals surface area contributed by atoms with Gasteiger partial charge in [-0.25, -0.2) is 4.98 Å². The molecule has 0 aliphatic carbocycles. The number of thioether (sulfide) groups is 1. The first-order chi connectivity index (χ1) is 10.6. The first kappa shape index (κ1) is 15.5. The smallest absolute Gasteiger partial charge is 0.233 e. The van der Waals surface area contributed by atoms with Gasteiger partial charge in [-0.3, -0.25) is 9.89 Å². The topological polar surface area (TPSA) is 71.1 Å². The summed E-state index contributed by atoms with van der Waals surface area (Å²) in [6, 6.07) is 3.96. The normalized spacial score (nSPS) is 22.0. The molecule has 8 heteroatoms. The Balaban J connectivity index is 1.55. The minimum Gasteiger partial charge on any atom is -0.372 e. The highest BCUT2D eigenvalue weighted by atomic mass is 32.2. The van der Waals surface area contributed by atoms with E-state index in [4.69, 9.17) is 4.74 Å². The molecule has 3 rings (SSSR count). The minimum atomic E-state index is 0.0895. The van der Waals surface area contributed by atoms with E-state index >= 15 is 0 Å². The van der Waals surface area contributed by atoms with Gasteiger partial charge in [0, 0.05) is 13.1 Å². The van der Waals surface area contributed by atoms with Crippen LogP contribution in [0.25, 0.3) is 10.7 Å². The standard InChI is InChI=1S/C14H18N4O2S2/c1-9-6-18(7-10(2)20-9)12(19)8-22-14-15-13(16-17-14)11-4-3-5-21-11/h3-5,9-10H,6-8H2,1-2H3,(H,15,16,17)/t9-,10-/m1/s1. The molecule has 6 nitrogen and oxygen atoms in total. The van der Waals surface area contributed by atoms with E-state index in [0.29, 0.717) is 24.0 Å². The number of H-pyrrole nitrogens is 1. The van der Waals surface area contributed by atoms with Crippen molar-refractivity contribution in [2.45, 2.75) is 31.2 Å². The Bertz CT molecular complexity index is 619. The van der Waals surface area contributed by atoms with Gasteiger partial charge in [0.15, 0.2) is 5.82 Å². The molecule has 22 heavy (non-hydrogen) atoms. The van der Waals surface area contributed by atoms with Crippen molar-refractivity contribution in [3.8, 4) is 10.7 Å². The van der Waals surface area contributed by atoms with Crippen LogP contribution in [0.1, 0.15) is 13.8 Å². The highest BCUT2D eigenvalue weighted by Crippen LogP contribution is 2.23. The fourth-order valence-corrected chi connectivity index (χ4v) is 3.80. The lowest BCUT2D eigenvalue weighted by Gasteiger charge is -2.35. The Kier molecular flexibility index (Phi) is 4.80. The van der Waals surface area contributed by atoms with E-state index in [1.807, 2.05) is 36.3 Å². The average Bonchev–Trinajstić information content (AvgIpc) is 3.14. The summed E-state index contributed by atoms with van der Waals surface area (Å²) in [5.74, 6) is 1.20. The number of thiophene rings is 1. The van der Waals surface area contributed by atoms with E-state index in [9.17, 15) is 4.79 Å². The molecule has 1 N–H and O–H groups in total. The average molecular weight is 338 g/mol. The lowest BCUT2D eigenvalue weighted by Crippen LogP contribution is -2.48. The number of nitrogens with zero attached hydrogens (tertiary/aromatic N) is 3. The molecule has 2 atom stereocenters. The Hall–Kier alpha value is -1.38.